The van der Waals surface area contributed by atoms with Crippen molar-refractivity contribution in [3.63, 3.8) is 0 Å². The maximum atomic E-state index is 12.0. The fourth-order valence-electron chi connectivity index (χ4n) is 1.62. The van der Waals surface area contributed by atoms with Crippen LogP contribution in [0.4, 0.5) is 0 Å². The van der Waals surface area contributed by atoms with Crippen LogP contribution in [0.5, 0.6) is 0 Å². The highest BCUT2D eigenvalue weighted by atomic mass is 16.4. The lowest BCUT2D eigenvalue weighted by molar-refractivity contribution is -0.137. The maximum Gasteiger partial charge on any atom is 0.303 e. The number of amides is 1. The van der Waals surface area contributed by atoms with Crippen molar-refractivity contribution in [3.8, 4) is 0 Å². The Morgan fingerprint density at radius 3 is 2.53 bits per heavy atom. The first kappa shape index (κ1) is 13.3. The summed E-state index contributed by atoms with van der Waals surface area (Å²) in [4.78, 5) is 23.8. The van der Waals surface area contributed by atoms with Gasteiger partial charge in [-0.15, -0.1) is 0 Å². The second-order valence-corrected chi connectivity index (χ2v) is 4.05. The van der Waals surface area contributed by atoms with Crippen LogP contribution in [0.25, 0.3) is 0 Å². The highest BCUT2D eigenvalue weighted by Crippen LogP contribution is 2.15. The summed E-state index contributed by atoms with van der Waals surface area (Å²) < 4.78 is 5.29. The van der Waals surface area contributed by atoms with E-state index in [1.807, 2.05) is 0 Å². The molecule has 1 aromatic heterocycles. The van der Waals surface area contributed by atoms with E-state index in [0.717, 1.165) is 0 Å². The number of carbonyl (C=O) groups excluding carboxylic acids is 1. The first-order valence-electron chi connectivity index (χ1n) is 5.46. The number of furan rings is 1. The normalized spacial score (nSPS) is 10.3. The van der Waals surface area contributed by atoms with Gasteiger partial charge in [0.15, 0.2) is 0 Å². The molecule has 1 rings (SSSR count). The van der Waals surface area contributed by atoms with Gasteiger partial charge in [-0.05, 0) is 26.3 Å². The van der Waals surface area contributed by atoms with Crippen molar-refractivity contribution in [3.05, 3.63) is 23.2 Å². The average molecular weight is 239 g/mol. The van der Waals surface area contributed by atoms with Crippen molar-refractivity contribution in [2.24, 2.45) is 0 Å². The van der Waals surface area contributed by atoms with E-state index in [1.54, 1.807) is 27.0 Å². The van der Waals surface area contributed by atoms with E-state index in [4.69, 9.17) is 9.52 Å². The lowest BCUT2D eigenvalue weighted by Gasteiger charge is -2.15. The van der Waals surface area contributed by atoms with Crippen LogP contribution < -0.4 is 0 Å². The zero-order valence-electron chi connectivity index (χ0n) is 10.3. The van der Waals surface area contributed by atoms with Gasteiger partial charge >= 0.3 is 5.97 Å². The molecule has 0 bridgehead atoms. The van der Waals surface area contributed by atoms with Crippen molar-refractivity contribution in [2.75, 3.05) is 13.6 Å². The molecule has 0 aliphatic carbocycles. The third-order valence-corrected chi connectivity index (χ3v) is 2.50. The average Bonchev–Trinajstić information content (AvgIpc) is 2.56. The molecule has 0 atom stereocenters. The molecule has 5 nitrogen and oxygen atoms in total. The first-order valence-corrected chi connectivity index (χ1v) is 5.46. The molecule has 1 amide bonds. The van der Waals surface area contributed by atoms with Gasteiger partial charge in [0.1, 0.15) is 11.5 Å². The van der Waals surface area contributed by atoms with Gasteiger partial charge in [-0.3, -0.25) is 9.59 Å². The van der Waals surface area contributed by atoms with Crippen molar-refractivity contribution in [1.82, 2.24) is 4.90 Å². The van der Waals surface area contributed by atoms with Crippen LogP contribution in [0, 0.1) is 13.8 Å². The lowest BCUT2D eigenvalue weighted by Crippen LogP contribution is -2.28. The fourth-order valence-corrected chi connectivity index (χ4v) is 1.62. The molecule has 0 aromatic carbocycles. The summed E-state index contributed by atoms with van der Waals surface area (Å²) >= 11 is 0. The van der Waals surface area contributed by atoms with Gasteiger partial charge in [-0.2, -0.15) is 0 Å². The summed E-state index contributed by atoms with van der Waals surface area (Å²) in [5, 5.41) is 8.51. The molecular weight excluding hydrogens is 222 g/mol. The molecule has 0 saturated carbocycles. The van der Waals surface area contributed by atoms with E-state index in [-0.39, 0.29) is 12.3 Å². The maximum absolute atomic E-state index is 12.0. The van der Waals surface area contributed by atoms with Gasteiger partial charge in [-0.1, -0.05) is 0 Å². The molecule has 0 aliphatic heterocycles. The SMILES string of the molecule is Cc1cc(C(=O)N(C)CCCC(=O)O)c(C)o1. The first-order chi connectivity index (χ1) is 7.91. The minimum absolute atomic E-state index is 0.0705. The van der Waals surface area contributed by atoms with Crippen LogP contribution in [0.15, 0.2) is 10.5 Å². The number of aliphatic carboxylic acids is 1. The van der Waals surface area contributed by atoms with E-state index in [1.165, 1.54) is 4.90 Å². The zero-order valence-corrected chi connectivity index (χ0v) is 10.3. The van der Waals surface area contributed by atoms with Crippen LogP contribution in [-0.2, 0) is 4.79 Å². The molecule has 5 heteroatoms. The van der Waals surface area contributed by atoms with E-state index in [0.29, 0.717) is 30.0 Å². The number of hydrogen-bond donors (Lipinski definition) is 1. The largest absolute Gasteiger partial charge is 0.481 e. The molecule has 1 aromatic rings. The Labute approximate surface area is 100 Å². The molecule has 0 unspecified atom stereocenters. The third-order valence-electron chi connectivity index (χ3n) is 2.50. The quantitative estimate of drug-likeness (QED) is 0.851. The number of carbonyl (C=O) groups is 2. The minimum atomic E-state index is -0.846. The fraction of sp³-hybridized carbons (Fsp3) is 0.500. The van der Waals surface area contributed by atoms with Crippen molar-refractivity contribution < 1.29 is 19.1 Å². The molecule has 1 N–H and O–H groups in total. The molecule has 0 radical (unpaired) electrons. The van der Waals surface area contributed by atoms with Gasteiger partial charge in [0.05, 0.1) is 5.56 Å². The van der Waals surface area contributed by atoms with Crippen LogP contribution in [0.2, 0.25) is 0 Å². The van der Waals surface area contributed by atoms with Gasteiger partial charge < -0.3 is 14.4 Å². The lowest BCUT2D eigenvalue weighted by atomic mass is 10.2. The second-order valence-electron chi connectivity index (χ2n) is 4.05. The smallest absolute Gasteiger partial charge is 0.303 e. The number of rotatable bonds is 5. The predicted octanol–water partition coefficient (Wildman–Crippen LogP) is 1.83. The summed E-state index contributed by atoms with van der Waals surface area (Å²) in [6, 6.07) is 1.70. The molecular formula is C12H17NO4. The summed E-state index contributed by atoms with van der Waals surface area (Å²) in [7, 11) is 1.66. The van der Waals surface area contributed by atoms with Crippen LogP contribution >= 0.6 is 0 Å². The van der Waals surface area contributed by atoms with Gasteiger partial charge in [-0.25, -0.2) is 0 Å². The Hall–Kier alpha value is -1.78. The number of nitrogens with zero attached hydrogens (tertiary/aromatic N) is 1. The predicted molar refractivity (Wildman–Crippen MR) is 62.0 cm³/mol. The van der Waals surface area contributed by atoms with Gasteiger partial charge in [0.2, 0.25) is 0 Å². The standard InChI is InChI=1S/C12H17NO4/c1-8-7-10(9(2)17-8)12(16)13(3)6-4-5-11(14)15/h7H,4-6H2,1-3H3,(H,14,15). The second kappa shape index (κ2) is 5.52. The Balaban J connectivity index is 2.57. The molecule has 94 valence electrons. The monoisotopic (exact) mass is 239 g/mol. The molecule has 1 heterocycles. The third kappa shape index (κ3) is 3.62. The van der Waals surface area contributed by atoms with Crippen LogP contribution in [0.3, 0.4) is 0 Å². The molecule has 0 spiro atoms. The topological polar surface area (TPSA) is 70.8 Å². The number of carboxylic acid groups (broad SMARTS) is 1. The number of carboxylic acids is 1. The summed E-state index contributed by atoms with van der Waals surface area (Å²) in [5.74, 6) is 0.313. The summed E-state index contributed by atoms with van der Waals surface area (Å²) in [6.07, 6.45) is 0.522. The van der Waals surface area contributed by atoms with Gasteiger partial charge in [0.25, 0.3) is 5.91 Å². The molecule has 17 heavy (non-hydrogen) atoms. The molecule has 0 aliphatic rings. The Morgan fingerprint density at radius 2 is 2.06 bits per heavy atom. The number of aryl methyl sites for hydroxylation is 2. The Kier molecular flexibility index (Phi) is 4.31. The molecule has 0 fully saturated rings. The Morgan fingerprint density at radius 1 is 1.41 bits per heavy atom. The van der Waals surface area contributed by atoms with E-state index in [2.05, 4.69) is 0 Å². The molecule has 0 saturated heterocycles. The van der Waals surface area contributed by atoms with E-state index < -0.39 is 5.97 Å². The highest BCUT2D eigenvalue weighted by molar-refractivity contribution is 5.95. The van der Waals surface area contributed by atoms with Gasteiger partial charge in [0, 0.05) is 20.0 Å². The Bertz CT molecular complexity index is 422. The van der Waals surface area contributed by atoms with Crippen molar-refractivity contribution in [1.29, 1.82) is 0 Å². The van der Waals surface area contributed by atoms with Crippen molar-refractivity contribution in [2.45, 2.75) is 26.7 Å². The minimum Gasteiger partial charge on any atom is -0.481 e. The zero-order chi connectivity index (χ0) is 13.0. The van der Waals surface area contributed by atoms with Crippen LogP contribution in [-0.4, -0.2) is 35.5 Å². The van der Waals surface area contributed by atoms with Crippen LogP contribution in [0.1, 0.15) is 34.7 Å². The summed E-state index contributed by atoms with van der Waals surface area (Å²) in [5.41, 5.74) is 0.542. The summed E-state index contributed by atoms with van der Waals surface area (Å²) in [6.45, 7) is 3.95. The number of hydrogen-bond acceptors (Lipinski definition) is 3. The highest BCUT2D eigenvalue weighted by Gasteiger charge is 2.17. The van der Waals surface area contributed by atoms with Crippen molar-refractivity contribution >= 4 is 11.9 Å². The van der Waals surface area contributed by atoms with E-state index >= 15 is 0 Å². The van der Waals surface area contributed by atoms with E-state index in [9.17, 15) is 9.59 Å².